The molecule has 2 N–H and O–H groups in total. The molecular formula is C14H22N2O. The Morgan fingerprint density at radius 3 is 2.00 bits per heavy atom. The van der Waals surface area contributed by atoms with Crippen LogP contribution in [0.2, 0.25) is 0 Å². The SMILES string of the molecule is CC(C)c1ccc(C(=O)N(N)C(C)(C)C)cc1. The van der Waals surface area contributed by atoms with Crippen LogP contribution in [0.3, 0.4) is 0 Å². The summed E-state index contributed by atoms with van der Waals surface area (Å²) in [5.41, 5.74) is 1.49. The molecule has 1 aromatic rings. The van der Waals surface area contributed by atoms with Gasteiger partial charge in [-0.2, -0.15) is 0 Å². The van der Waals surface area contributed by atoms with E-state index >= 15 is 0 Å². The second-order valence-corrected chi connectivity index (χ2v) is 5.62. The van der Waals surface area contributed by atoms with Gasteiger partial charge in [-0.1, -0.05) is 26.0 Å². The van der Waals surface area contributed by atoms with E-state index in [9.17, 15) is 4.79 Å². The zero-order chi connectivity index (χ0) is 13.2. The summed E-state index contributed by atoms with van der Waals surface area (Å²) in [6.45, 7) is 9.98. The highest BCUT2D eigenvalue weighted by Crippen LogP contribution is 2.17. The molecule has 0 unspecified atom stereocenters. The van der Waals surface area contributed by atoms with Crippen LogP contribution in [0.5, 0.6) is 0 Å². The Morgan fingerprint density at radius 2 is 1.65 bits per heavy atom. The maximum absolute atomic E-state index is 12.1. The molecule has 0 saturated carbocycles. The Balaban J connectivity index is 2.91. The lowest BCUT2D eigenvalue weighted by molar-refractivity contribution is 0.0582. The molecule has 1 aromatic carbocycles. The molecule has 0 aromatic heterocycles. The van der Waals surface area contributed by atoms with Gasteiger partial charge in [-0.05, 0) is 44.4 Å². The quantitative estimate of drug-likeness (QED) is 0.486. The second kappa shape index (κ2) is 4.88. The fourth-order valence-corrected chi connectivity index (χ4v) is 1.45. The zero-order valence-corrected chi connectivity index (χ0v) is 11.3. The summed E-state index contributed by atoms with van der Waals surface area (Å²) in [7, 11) is 0. The summed E-state index contributed by atoms with van der Waals surface area (Å²) in [6, 6.07) is 7.63. The van der Waals surface area contributed by atoms with Crippen LogP contribution in [0.1, 0.15) is 56.5 Å². The second-order valence-electron chi connectivity index (χ2n) is 5.62. The highest BCUT2D eigenvalue weighted by atomic mass is 16.2. The number of carbonyl (C=O) groups excluding carboxylic acids is 1. The first-order chi connectivity index (χ1) is 7.73. The molecule has 0 spiro atoms. The van der Waals surface area contributed by atoms with Gasteiger partial charge < -0.3 is 0 Å². The molecular weight excluding hydrogens is 212 g/mol. The van der Waals surface area contributed by atoms with E-state index in [1.165, 1.54) is 10.6 Å². The highest BCUT2D eigenvalue weighted by Gasteiger charge is 2.24. The minimum atomic E-state index is -0.367. The van der Waals surface area contributed by atoms with Gasteiger partial charge >= 0.3 is 0 Å². The molecule has 1 amide bonds. The van der Waals surface area contributed by atoms with Crippen LogP contribution in [0.25, 0.3) is 0 Å². The van der Waals surface area contributed by atoms with Crippen molar-refractivity contribution < 1.29 is 4.79 Å². The largest absolute Gasteiger partial charge is 0.271 e. The number of amides is 1. The number of nitrogens with two attached hydrogens (primary N) is 1. The van der Waals surface area contributed by atoms with E-state index in [0.717, 1.165) is 0 Å². The van der Waals surface area contributed by atoms with Crippen molar-refractivity contribution in [3.05, 3.63) is 35.4 Å². The molecule has 1 rings (SSSR count). The third-order valence-electron chi connectivity index (χ3n) is 2.77. The fourth-order valence-electron chi connectivity index (χ4n) is 1.45. The van der Waals surface area contributed by atoms with Crippen LogP contribution in [0.4, 0.5) is 0 Å². The van der Waals surface area contributed by atoms with Crippen molar-refractivity contribution >= 4 is 5.91 Å². The Bertz CT molecular complexity index is 388. The maximum Gasteiger partial charge on any atom is 0.268 e. The predicted molar refractivity (Wildman–Crippen MR) is 70.6 cm³/mol. The van der Waals surface area contributed by atoms with Crippen molar-refractivity contribution in [2.75, 3.05) is 0 Å². The fraction of sp³-hybridized carbons (Fsp3) is 0.500. The lowest BCUT2D eigenvalue weighted by Gasteiger charge is -2.31. The van der Waals surface area contributed by atoms with Crippen molar-refractivity contribution in [3.8, 4) is 0 Å². The predicted octanol–water partition coefficient (Wildman–Crippen LogP) is 2.92. The van der Waals surface area contributed by atoms with E-state index < -0.39 is 0 Å². The van der Waals surface area contributed by atoms with Gasteiger partial charge in [0.1, 0.15) is 0 Å². The maximum atomic E-state index is 12.1. The smallest absolute Gasteiger partial charge is 0.268 e. The molecule has 3 nitrogen and oxygen atoms in total. The Hall–Kier alpha value is -1.35. The van der Waals surface area contributed by atoms with Crippen LogP contribution >= 0.6 is 0 Å². The molecule has 0 aliphatic carbocycles. The van der Waals surface area contributed by atoms with E-state index in [4.69, 9.17) is 5.84 Å². The number of carbonyl (C=O) groups is 1. The lowest BCUT2D eigenvalue weighted by atomic mass is 10.0. The van der Waals surface area contributed by atoms with Crippen molar-refractivity contribution in [1.82, 2.24) is 5.01 Å². The molecule has 0 aliphatic heterocycles. The summed E-state index contributed by atoms with van der Waals surface area (Å²) in [6.07, 6.45) is 0. The molecule has 0 saturated heterocycles. The summed E-state index contributed by atoms with van der Waals surface area (Å²) in [5, 5.41) is 1.28. The molecule has 0 atom stereocenters. The molecule has 0 radical (unpaired) electrons. The van der Waals surface area contributed by atoms with Gasteiger partial charge in [0.2, 0.25) is 0 Å². The van der Waals surface area contributed by atoms with Crippen LogP contribution < -0.4 is 5.84 Å². The third kappa shape index (κ3) is 3.30. The van der Waals surface area contributed by atoms with Gasteiger partial charge in [0.25, 0.3) is 5.91 Å². The summed E-state index contributed by atoms with van der Waals surface area (Å²) < 4.78 is 0. The summed E-state index contributed by atoms with van der Waals surface area (Å²) >= 11 is 0. The van der Waals surface area contributed by atoms with E-state index in [1.807, 2.05) is 45.0 Å². The number of hydrazine groups is 1. The van der Waals surface area contributed by atoms with Crippen molar-refractivity contribution in [1.29, 1.82) is 0 Å². The van der Waals surface area contributed by atoms with E-state index in [0.29, 0.717) is 11.5 Å². The molecule has 0 fully saturated rings. The van der Waals surface area contributed by atoms with Crippen LogP contribution in [0.15, 0.2) is 24.3 Å². The molecule has 3 heteroatoms. The summed E-state index contributed by atoms with van der Waals surface area (Å²) in [5.74, 6) is 6.13. The molecule has 0 aliphatic rings. The monoisotopic (exact) mass is 234 g/mol. The number of nitrogens with zero attached hydrogens (tertiary/aromatic N) is 1. The van der Waals surface area contributed by atoms with Gasteiger partial charge in [-0.15, -0.1) is 0 Å². The minimum absolute atomic E-state index is 0.146. The topological polar surface area (TPSA) is 46.3 Å². The standard InChI is InChI=1S/C14H22N2O/c1-10(2)11-6-8-12(9-7-11)13(17)16(15)14(3,4)5/h6-10H,15H2,1-5H3. The van der Waals surface area contributed by atoms with Crippen LogP contribution in [-0.4, -0.2) is 16.5 Å². The van der Waals surface area contributed by atoms with E-state index in [1.54, 1.807) is 0 Å². The first kappa shape index (κ1) is 13.7. The average molecular weight is 234 g/mol. The van der Waals surface area contributed by atoms with E-state index in [-0.39, 0.29) is 11.4 Å². The van der Waals surface area contributed by atoms with Gasteiger partial charge in [-0.3, -0.25) is 9.80 Å². The van der Waals surface area contributed by atoms with Crippen LogP contribution in [0, 0.1) is 0 Å². The van der Waals surface area contributed by atoms with Gasteiger partial charge in [0.15, 0.2) is 0 Å². The first-order valence-corrected chi connectivity index (χ1v) is 5.92. The van der Waals surface area contributed by atoms with Gasteiger partial charge in [0.05, 0.1) is 5.54 Å². The Kier molecular flexibility index (Phi) is 3.94. The van der Waals surface area contributed by atoms with Gasteiger partial charge in [0, 0.05) is 5.56 Å². The normalized spacial score (nSPS) is 11.7. The van der Waals surface area contributed by atoms with Crippen molar-refractivity contribution in [3.63, 3.8) is 0 Å². The summed E-state index contributed by atoms with van der Waals surface area (Å²) in [4.78, 5) is 12.1. The average Bonchev–Trinajstić information content (AvgIpc) is 2.26. The van der Waals surface area contributed by atoms with Crippen molar-refractivity contribution in [2.24, 2.45) is 5.84 Å². The van der Waals surface area contributed by atoms with E-state index in [2.05, 4.69) is 13.8 Å². The third-order valence-corrected chi connectivity index (χ3v) is 2.77. The number of hydrogen-bond donors (Lipinski definition) is 1. The molecule has 17 heavy (non-hydrogen) atoms. The number of hydrogen-bond acceptors (Lipinski definition) is 2. The number of benzene rings is 1. The highest BCUT2D eigenvalue weighted by molar-refractivity contribution is 5.94. The Morgan fingerprint density at radius 1 is 1.18 bits per heavy atom. The van der Waals surface area contributed by atoms with Crippen LogP contribution in [-0.2, 0) is 0 Å². The van der Waals surface area contributed by atoms with Crippen molar-refractivity contribution in [2.45, 2.75) is 46.1 Å². The minimum Gasteiger partial charge on any atom is -0.271 e. The zero-order valence-electron chi connectivity index (χ0n) is 11.3. The molecule has 0 heterocycles. The Labute approximate surface area is 104 Å². The van der Waals surface area contributed by atoms with Gasteiger partial charge in [-0.25, -0.2) is 5.84 Å². The first-order valence-electron chi connectivity index (χ1n) is 5.92. The molecule has 0 bridgehead atoms. The number of rotatable bonds is 2. The lowest BCUT2D eigenvalue weighted by Crippen LogP contribution is -2.50. The molecule has 94 valence electrons.